The van der Waals surface area contributed by atoms with E-state index in [0.717, 1.165) is 0 Å². The molecule has 0 aliphatic heterocycles. The van der Waals surface area contributed by atoms with Crippen LogP contribution in [0.1, 0.15) is 26.2 Å². The van der Waals surface area contributed by atoms with Gasteiger partial charge in [0.25, 0.3) is 0 Å². The molecule has 0 heterocycles. The van der Waals surface area contributed by atoms with Gasteiger partial charge in [-0.05, 0) is 12.8 Å². The molecule has 0 aromatic heterocycles. The molecule has 0 amide bonds. The van der Waals surface area contributed by atoms with Crippen molar-refractivity contribution in [3.8, 4) is 6.07 Å². The minimum absolute atomic E-state index is 0.00836. The van der Waals surface area contributed by atoms with Crippen LogP contribution in [0, 0.1) is 11.3 Å². The maximum absolute atomic E-state index is 11.6. The van der Waals surface area contributed by atoms with E-state index in [1.54, 1.807) is 6.92 Å². The zero-order chi connectivity index (χ0) is 10.3. The zero-order valence-electron chi connectivity index (χ0n) is 7.40. The summed E-state index contributed by atoms with van der Waals surface area (Å²) in [6.07, 6.45) is -5.13. The molecule has 0 N–H and O–H groups in total. The van der Waals surface area contributed by atoms with Crippen LogP contribution in [0.25, 0.3) is 0 Å². The van der Waals surface area contributed by atoms with E-state index in [9.17, 15) is 13.2 Å². The molecular weight excluding hydrogens is 183 g/mol. The van der Waals surface area contributed by atoms with Crippen molar-refractivity contribution in [3.63, 3.8) is 0 Å². The van der Waals surface area contributed by atoms with Gasteiger partial charge in [0.15, 0.2) is 0 Å². The van der Waals surface area contributed by atoms with Gasteiger partial charge in [-0.2, -0.15) is 18.4 Å². The fourth-order valence-corrected chi connectivity index (χ4v) is 0.745. The van der Waals surface area contributed by atoms with Crippen LogP contribution in [0.3, 0.4) is 0 Å². The summed E-state index contributed by atoms with van der Waals surface area (Å²) in [4.78, 5) is 0. The number of hydrogen-bond acceptors (Lipinski definition) is 2. The molecule has 5 heteroatoms. The Morgan fingerprint density at radius 3 is 2.46 bits per heavy atom. The third kappa shape index (κ3) is 7.60. The van der Waals surface area contributed by atoms with Gasteiger partial charge in [-0.3, -0.25) is 0 Å². The molecule has 0 radical (unpaired) electrons. The molecule has 0 aromatic rings. The second kappa shape index (κ2) is 5.81. The number of ether oxygens (including phenoxy) is 1. The smallest absolute Gasteiger partial charge is 0.363 e. The lowest BCUT2D eigenvalue weighted by Gasteiger charge is -2.09. The van der Waals surface area contributed by atoms with E-state index in [-0.39, 0.29) is 13.0 Å². The van der Waals surface area contributed by atoms with Gasteiger partial charge in [-0.25, -0.2) is 0 Å². The number of nitriles is 1. The van der Waals surface area contributed by atoms with E-state index in [1.807, 2.05) is 6.07 Å². The highest BCUT2D eigenvalue weighted by molar-refractivity contribution is 4.82. The van der Waals surface area contributed by atoms with Crippen LogP contribution in [0.2, 0.25) is 0 Å². The standard InChI is InChI=1S/C8H12F3NO/c1-2-7(6-12)13-5-3-4-8(9,10)11/h7H,2-5H2,1H3. The SMILES string of the molecule is CCC(C#N)OCCCC(F)(F)F. The molecule has 0 bridgehead atoms. The lowest BCUT2D eigenvalue weighted by Crippen LogP contribution is -2.13. The Morgan fingerprint density at radius 1 is 1.46 bits per heavy atom. The van der Waals surface area contributed by atoms with Crippen molar-refractivity contribution in [2.45, 2.75) is 38.5 Å². The van der Waals surface area contributed by atoms with Crippen molar-refractivity contribution < 1.29 is 17.9 Å². The summed E-state index contributed by atoms with van der Waals surface area (Å²) in [6, 6.07) is 1.85. The van der Waals surface area contributed by atoms with Crippen LogP contribution in [-0.2, 0) is 4.74 Å². The monoisotopic (exact) mass is 195 g/mol. The average Bonchev–Trinajstić information content (AvgIpc) is 2.03. The average molecular weight is 195 g/mol. The second-order valence-electron chi connectivity index (χ2n) is 2.62. The van der Waals surface area contributed by atoms with E-state index in [0.29, 0.717) is 6.42 Å². The highest BCUT2D eigenvalue weighted by atomic mass is 19.4. The Kier molecular flexibility index (Phi) is 5.47. The normalized spacial score (nSPS) is 13.8. The molecule has 13 heavy (non-hydrogen) atoms. The first-order valence-electron chi connectivity index (χ1n) is 4.07. The number of halogens is 3. The van der Waals surface area contributed by atoms with Gasteiger partial charge in [-0.1, -0.05) is 6.92 Å². The predicted octanol–water partition coefficient (Wildman–Crippen LogP) is 2.65. The number of rotatable bonds is 5. The van der Waals surface area contributed by atoms with Gasteiger partial charge < -0.3 is 4.74 Å². The number of hydrogen-bond donors (Lipinski definition) is 0. The predicted molar refractivity (Wildman–Crippen MR) is 40.9 cm³/mol. The molecule has 0 saturated carbocycles. The van der Waals surface area contributed by atoms with Gasteiger partial charge in [0.1, 0.15) is 6.10 Å². The fourth-order valence-electron chi connectivity index (χ4n) is 0.745. The Morgan fingerprint density at radius 2 is 2.08 bits per heavy atom. The molecule has 0 aliphatic rings. The third-order valence-corrected chi connectivity index (χ3v) is 1.44. The maximum atomic E-state index is 11.6. The molecule has 0 spiro atoms. The maximum Gasteiger partial charge on any atom is 0.389 e. The number of alkyl halides is 3. The molecule has 0 saturated heterocycles. The van der Waals surface area contributed by atoms with Crippen molar-refractivity contribution >= 4 is 0 Å². The van der Waals surface area contributed by atoms with E-state index in [2.05, 4.69) is 0 Å². The van der Waals surface area contributed by atoms with E-state index in [1.165, 1.54) is 0 Å². The molecule has 0 fully saturated rings. The van der Waals surface area contributed by atoms with Crippen LogP contribution in [-0.4, -0.2) is 18.9 Å². The Hall–Kier alpha value is -0.760. The fraction of sp³-hybridized carbons (Fsp3) is 0.875. The van der Waals surface area contributed by atoms with E-state index < -0.39 is 18.7 Å². The van der Waals surface area contributed by atoms with Crippen LogP contribution < -0.4 is 0 Å². The Balaban J connectivity index is 3.41. The van der Waals surface area contributed by atoms with Crippen molar-refractivity contribution in [3.05, 3.63) is 0 Å². The Labute approximate surface area is 75.3 Å². The summed E-state index contributed by atoms with van der Waals surface area (Å²) >= 11 is 0. The van der Waals surface area contributed by atoms with Gasteiger partial charge in [0, 0.05) is 13.0 Å². The first-order valence-corrected chi connectivity index (χ1v) is 4.07. The first-order chi connectivity index (χ1) is 5.99. The molecule has 76 valence electrons. The molecule has 1 unspecified atom stereocenters. The molecule has 0 rings (SSSR count). The summed E-state index contributed by atoms with van der Waals surface area (Å²) in [5.74, 6) is 0. The quantitative estimate of drug-likeness (QED) is 0.632. The van der Waals surface area contributed by atoms with Gasteiger partial charge in [0.2, 0.25) is 0 Å². The van der Waals surface area contributed by atoms with E-state index >= 15 is 0 Å². The molecule has 1 atom stereocenters. The molecule has 0 aromatic carbocycles. The van der Waals surface area contributed by atoms with Crippen molar-refractivity contribution in [2.24, 2.45) is 0 Å². The largest absolute Gasteiger partial charge is 0.389 e. The van der Waals surface area contributed by atoms with Crippen molar-refractivity contribution in [1.82, 2.24) is 0 Å². The highest BCUT2D eigenvalue weighted by Gasteiger charge is 2.26. The number of nitrogens with zero attached hydrogens (tertiary/aromatic N) is 1. The topological polar surface area (TPSA) is 33.0 Å². The van der Waals surface area contributed by atoms with E-state index in [4.69, 9.17) is 10.00 Å². The Bertz CT molecular complexity index is 173. The minimum atomic E-state index is -4.13. The lowest BCUT2D eigenvalue weighted by molar-refractivity contribution is -0.138. The summed E-state index contributed by atoms with van der Waals surface area (Å²) in [7, 11) is 0. The van der Waals surface area contributed by atoms with Crippen LogP contribution in [0.5, 0.6) is 0 Å². The van der Waals surface area contributed by atoms with Crippen molar-refractivity contribution in [1.29, 1.82) is 5.26 Å². The summed E-state index contributed by atoms with van der Waals surface area (Å²) in [5.41, 5.74) is 0. The van der Waals surface area contributed by atoms with Crippen LogP contribution >= 0.6 is 0 Å². The second-order valence-corrected chi connectivity index (χ2v) is 2.62. The van der Waals surface area contributed by atoms with Crippen molar-refractivity contribution in [2.75, 3.05) is 6.61 Å². The molecule has 0 aliphatic carbocycles. The molecular formula is C8H12F3NO. The van der Waals surface area contributed by atoms with Crippen LogP contribution in [0.4, 0.5) is 13.2 Å². The van der Waals surface area contributed by atoms with Gasteiger partial charge in [-0.15, -0.1) is 0 Å². The summed E-state index contributed by atoms with van der Waals surface area (Å²) < 4.78 is 39.7. The zero-order valence-corrected chi connectivity index (χ0v) is 7.40. The van der Waals surface area contributed by atoms with Gasteiger partial charge in [0.05, 0.1) is 6.07 Å². The lowest BCUT2D eigenvalue weighted by atomic mass is 10.3. The summed E-state index contributed by atoms with van der Waals surface area (Å²) in [6.45, 7) is 1.74. The third-order valence-electron chi connectivity index (χ3n) is 1.44. The summed E-state index contributed by atoms with van der Waals surface area (Å²) in [5, 5.41) is 8.39. The van der Waals surface area contributed by atoms with Gasteiger partial charge >= 0.3 is 6.18 Å². The molecule has 2 nitrogen and oxygen atoms in total. The van der Waals surface area contributed by atoms with Crippen LogP contribution in [0.15, 0.2) is 0 Å². The highest BCUT2D eigenvalue weighted by Crippen LogP contribution is 2.21. The minimum Gasteiger partial charge on any atom is -0.363 e. The first kappa shape index (κ1) is 12.2.